The van der Waals surface area contributed by atoms with Crippen molar-refractivity contribution in [2.45, 2.75) is 0 Å². The standard InChI is InChI=1S/C33H18N2OS.C32H17N3O2.2C32H17N3OS/c1-3-11-27-20(8-1)22-14-15-24-25-17-19-7-6-16-34-26(19)18-30(25)37-33(24)31(22)35(27)28-12-5-10-23-21-9-2-4-13-29(21)36-32(23)28;1-3-7-27-19(5-1)22-11-12-23-24-16-25-26(34-14-13-33-25)17-30(24)37-32(23)31(22)35(27)18-9-10-21-20-6-2-4-8-28(20)36-29(21)15-18;1-3-9-26-18(6-1)20-12-13-21-23-16-24-25(34-15-14-33-24)17-28(23)36-31(21)30(20)35(26)27-10-5-8-22-19-7-2-4-11-29(19)37-32(22)27;1-3-7-27-19(5-1)22-11-12-23-24-16-25-26(34-14-13-33-25)17-28(24)36-32(23)31(22)35(27)18-9-10-21-20-6-2-4-8-29(20)37-30(21)15-18/h1-18H;3*1-17H. The fourth-order valence-electron chi connectivity index (χ4n) is 23.6. The smallest absolute Gasteiger partial charge is 0.160 e. The summed E-state index contributed by atoms with van der Waals surface area (Å²) in [5.74, 6) is 0. The minimum Gasteiger partial charge on any atom is -0.456 e. The predicted molar refractivity (Wildman–Crippen MR) is 613 cm³/mol. The van der Waals surface area contributed by atoms with Crippen LogP contribution in [0.3, 0.4) is 0 Å². The van der Waals surface area contributed by atoms with Gasteiger partial charge in [0.2, 0.25) is 0 Å². The third-order valence-electron chi connectivity index (χ3n) is 30.1. The Kier molecular flexibility index (Phi) is 17.1. The van der Waals surface area contributed by atoms with E-state index in [0.717, 1.165) is 193 Å². The molecular weight excluding hydrogens is 1880 g/mol. The van der Waals surface area contributed by atoms with E-state index in [1.807, 2.05) is 94.8 Å². The monoisotopic (exact) mass is 1950 g/mol. The highest BCUT2D eigenvalue weighted by molar-refractivity contribution is 7.27. The van der Waals surface area contributed by atoms with Gasteiger partial charge in [0.15, 0.2) is 22.3 Å². The average Bonchev–Trinajstić information content (AvgIpc) is 1.60. The van der Waals surface area contributed by atoms with Gasteiger partial charge >= 0.3 is 0 Å². The molecule has 0 saturated carbocycles. The third kappa shape index (κ3) is 11.9. The highest BCUT2D eigenvalue weighted by Gasteiger charge is 2.29. The number of para-hydroxylation sites is 7. The lowest BCUT2D eigenvalue weighted by molar-refractivity contribution is 0.666. The molecule has 16 heterocycles. The van der Waals surface area contributed by atoms with Gasteiger partial charge in [0.25, 0.3) is 0 Å². The first-order valence-electron chi connectivity index (χ1n) is 49.1. The average molecular weight is 1950 g/mol. The van der Waals surface area contributed by atoms with Crippen LogP contribution in [0.1, 0.15) is 0 Å². The summed E-state index contributed by atoms with van der Waals surface area (Å²) in [6, 6.07) is 133. The number of thiophene rings is 3. The van der Waals surface area contributed by atoms with Crippen molar-refractivity contribution in [3.05, 3.63) is 419 Å². The molecule has 0 N–H and O–H groups in total. The van der Waals surface area contributed by atoms with Crippen molar-refractivity contribution >= 4 is 335 Å². The molecule has 688 valence electrons. The van der Waals surface area contributed by atoms with E-state index in [2.05, 4.69) is 375 Å². The summed E-state index contributed by atoms with van der Waals surface area (Å²) in [6.07, 6.45) is 12.2. The van der Waals surface area contributed by atoms with Crippen LogP contribution < -0.4 is 0 Å². The lowest BCUT2D eigenvalue weighted by atomic mass is 10.1. The van der Waals surface area contributed by atoms with Crippen molar-refractivity contribution in [1.82, 2.24) is 53.2 Å². The minimum absolute atomic E-state index is 0.806. The van der Waals surface area contributed by atoms with Crippen molar-refractivity contribution in [3.8, 4) is 22.7 Å². The van der Waals surface area contributed by atoms with E-state index in [9.17, 15) is 0 Å². The molecule has 148 heavy (non-hydrogen) atoms. The number of nitrogens with zero attached hydrogens (tertiary/aromatic N) is 11. The van der Waals surface area contributed by atoms with Gasteiger partial charge in [-0.2, -0.15) is 0 Å². The van der Waals surface area contributed by atoms with Crippen molar-refractivity contribution in [1.29, 1.82) is 0 Å². The van der Waals surface area contributed by atoms with Crippen LogP contribution in [0.2, 0.25) is 0 Å². The molecule has 0 aliphatic heterocycles. The zero-order chi connectivity index (χ0) is 96.3. The summed E-state index contributed by atoms with van der Waals surface area (Å²) in [5.41, 5.74) is 28.3. The molecule has 0 bridgehead atoms. The van der Waals surface area contributed by atoms with Gasteiger partial charge in [-0.15, -0.1) is 34.0 Å². The molecule has 36 aromatic rings. The normalized spacial score (nSPS) is 12.3. The van der Waals surface area contributed by atoms with Crippen LogP contribution in [-0.4, -0.2) is 53.2 Å². The number of fused-ring (bicyclic) bond motifs is 44. The van der Waals surface area contributed by atoms with E-state index in [-0.39, 0.29) is 0 Å². The van der Waals surface area contributed by atoms with Crippen LogP contribution in [0.15, 0.2) is 442 Å². The quantitative estimate of drug-likeness (QED) is 0.163. The highest BCUT2D eigenvalue weighted by atomic mass is 32.1. The maximum Gasteiger partial charge on any atom is 0.160 e. The van der Waals surface area contributed by atoms with E-state index in [0.29, 0.717) is 0 Å². The summed E-state index contributed by atoms with van der Waals surface area (Å²) in [6.45, 7) is 0. The second-order valence-corrected chi connectivity index (χ2v) is 41.1. The maximum atomic E-state index is 6.65. The summed E-state index contributed by atoms with van der Waals surface area (Å²) in [4.78, 5) is 31.6. The topological polar surface area (TPSA) is 176 Å². The van der Waals surface area contributed by atoms with E-state index in [1.165, 1.54) is 131 Å². The third-order valence-corrected chi connectivity index (χ3v) is 33.6. The molecule has 0 aliphatic rings. The van der Waals surface area contributed by atoms with Crippen molar-refractivity contribution in [2.75, 3.05) is 0 Å². The molecule has 0 radical (unpaired) electrons. The summed E-state index contributed by atoms with van der Waals surface area (Å²) in [5, 5.41) is 29.4. The van der Waals surface area contributed by atoms with Crippen LogP contribution in [0.25, 0.3) is 324 Å². The van der Waals surface area contributed by atoms with E-state index < -0.39 is 0 Å². The Morgan fingerprint density at radius 3 is 1.07 bits per heavy atom. The molecule has 0 amide bonds. The number of pyridine rings is 1. The Bertz CT molecular complexity index is 11500. The molecule has 16 aromatic heterocycles. The van der Waals surface area contributed by atoms with Gasteiger partial charge in [-0.1, -0.05) is 212 Å². The van der Waals surface area contributed by atoms with Crippen LogP contribution in [0.4, 0.5) is 0 Å². The van der Waals surface area contributed by atoms with Gasteiger partial charge in [0.1, 0.15) is 33.5 Å². The van der Waals surface area contributed by atoms with Crippen LogP contribution in [0, 0.1) is 0 Å². The molecule has 0 unspecified atom stereocenters. The Balaban J connectivity index is 0.0000000859. The zero-order valence-corrected chi connectivity index (χ0v) is 80.5. The Hall–Kier alpha value is -19.3. The van der Waals surface area contributed by atoms with Crippen molar-refractivity contribution in [3.63, 3.8) is 0 Å². The number of rotatable bonds is 4. The Morgan fingerprint density at radius 2 is 0.514 bits per heavy atom. The number of hydrogen-bond acceptors (Lipinski definition) is 15. The molecule has 36 rings (SSSR count). The molecule has 0 aliphatic carbocycles. The molecule has 20 aromatic carbocycles. The number of furan rings is 5. The fraction of sp³-hybridized carbons (Fsp3) is 0. The van der Waals surface area contributed by atoms with Gasteiger partial charge in [-0.25, -0.2) is 0 Å². The zero-order valence-electron chi connectivity index (χ0n) is 78.0. The molecular formula is C129H69N11O5S3. The van der Waals surface area contributed by atoms with Crippen LogP contribution in [-0.2, 0) is 0 Å². The van der Waals surface area contributed by atoms with Gasteiger partial charge < -0.3 is 40.4 Å². The Labute approximate surface area is 846 Å². The SMILES string of the molecule is c1ccc2c(c1)oc1cc(-n3c4ccccc4c4ccc5c6cc7nccnc7cc6oc5c43)ccc12.c1ccc2c(c1)sc1c(-n3c4ccccc4c4ccc5c6cc7nccnc7cc6oc5c43)cccc12.c1ccc2c(c1)sc1cc(-n3c4ccccc4c4ccc5c6cc7nccnc7cc6oc5c43)ccc12.c1cnc2cc3sc4c(ccc5c6ccccc6n(-c6cccc7c6oc6ccccc67)c54)c3cc2c1. The molecule has 0 spiro atoms. The summed E-state index contributed by atoms with van der Waals surface area (Å²) >= 11 is 5.54. The maximum absolute atomic E-state index is 6.65. The number of hydrogen-bond donors (Lipinski definition) is 0. The second kappa shape index (κ2) is 31.1. The summed E-state index contributed by atoms with van der Waals surface area (Å²) in [7, 11) is 0. The Morgan fingerprint density at radius 1 is 0.169 bits per heavy atom. The molecule has 0 fully saturated rings. The first-order valence-corrected chi connectivity index (χ1v) is 51.6. The minimum atomic E-state index is 0.806. The van der Waals surface area contributed by atoms with Crippen molar-refractivity contribution < 1.29 is 22.1 Å². The van der Waals surface area contributed by atoms with E-state index in [4.69, 9.17) is 22.1 Å². The van der Waals surface area contributed by atoms with Gasteiger partial charge in [-0.05, 0) is 140 Å². The van der Waals surface area contributed by atoms with Gasteiger partial charge in [0.05, 0.1) is 109 Å². The first kappa shape index (κ1) is 81.3. The number of aromatic nitrogens is 11. The molecule has 0 saturated heterocycles. The van der Waals surface area contributed by atoms with E-state index in [1.54, 1.807) is 37.2 Å². The summed E-state index contributed by atoms with van der Waals surface area (Å²) < 4.78 is 49.8. The first-order chi connectivity index (χ1) is 73.4. The lowest BCUT2D eigenvalue weighted by Crippen LogP contribution is -1.94. The van der Waals surface area contributed by atoms with Crippen molar-refractivity contribution in [2.24, 2.45) is 0 Å². The molecule has 19 heteroatoms. The van der Waals surface area contributed by atoms with Gasteiger partial charge in [0, 0.05) is 227 Å². The molecule has 16 nitrogen and oxygen atoms in total. The largest absolute Gasteiger partial charge is 0.456 e. The van der Waals surface area contributed by atoms with E-state index >= 15 is 0 Å². The fourth-order valence-corrected chi connectivity index (χ4v) is 27.2. The highest BCUT2D eigenvalue weighted by Crippen LogP contribution is 2.52. The number of benzene rings is 20. The lowest BCUT2D eigenvalue weighted by Gasteiger charge is -2.09. The van der Waals surface area contributed by atoms with Crippen LogP contribution >= 0.6 is 34.0 Å². The van der Waals surface area contributed by atoms with Gasteiger partial charge in [-0.3, -0.25) is 34.9 Å². The van der Waals surface area contributed by atoms with Crippen LogP contribution in [0.5, 0.6) is 0 Å². The molecule has 0 atom stereocenters. The second-order valence-electron chi connectivity index (χ2n) is 38.0. The predicted octanol–water partition coefficient (Wildman–Crippen LogP) is 36.1.